The van der Waals surface area contributed by atoms with Gasteiger partial charge in [-0.3, -0.25) is 5.84 Å². The Labute approximate surface area is 100 Å². The van der Waals surface area contributed by atoms with Gasteiger partial charge in [0.1, 0.15) is 11.5 Å². The standard InChI is InChI=1S/C13H16N2O2/c1-9-7-11(8-17-9)13(15-14)10-3-5-12(16-2)6-4-10/h3-8,13,15H,14H2,1-2H3. The highest BCUT2D eigenvalue weighted by Crippen LogP contribution is 2.24. The average molecular weight is 232 g/mol. The van der Waals surface area contributed by atoms with Crippen molar-refractivity contribution >= 4 is 0 Å². The van der Waals surface area contributed by atoms with Crippen LogP contribution in [-0.2, 0) is 0 Å². The number of hydrogen-bond acceptors (Lipinski definition) is 4. The lowest BCUT2D eigenvalue weighted by Crippen LogP contribution is -2.28. The van der Waals surface area contributed by atoms with E-state index in [-0.39, 0.29) is 6.04 Å². The van der Waals surface area contributed by atoms with E-state index in [0.29, 0.717) is 0 Å². The SMILES string of the molecule is COc1ccc(C(NN)c2coc(C)c2)cc1. The van der Waals surface area contributed by atoms with Gasteiger partial charge >= 0.3 is 0 Å². The molecule has 0 amide bonds. The van der Waals surface area contributed by atoms with Crippen LogP contribution in [0.3, 0.4) is 0 Å². The summed E-state index contributed by atoms with van der Waals surface area (Å²) < 4.78 is 10.4. The fraction of sp³-hybridized carbons (Fsp3) is 0.231. The minimum absolute atomic E-state index is 0.0710. The van der Waals surface area contributed by atoms with Gasteiger partial charge in [-0.2, -0.15) is 0 Å². The summed E-state index contributed by atoms with van der Waals surface area (Å²) in [6.45, 7) is 1.91. The number of furan rings is 1. The van der Waals surface area contributed by atoms with Crippen LogP contribution >= 0.6 is 0 Å². The van der Waals surface area contributed by atoms with Crippen molar-refractivity contribution in [2.45, 2.75) is 13.0 Å². The van der Waals surface area contributed by atoms with E-state index >= 15 is 0 Å². The van der Waals surface area contributed by atoms with Crippen molar-refractivity contribution in [2.75, 3.05) is 7.11 Å². The first kappa shape index (κ1) is 11.7. The predicted octanol–water partition coefficient (Wildman–Crippen LogP) is 2.15. The molecule has 0 saturated heterocycles. The lowest BCUT2D eigenvalue weighted by molar-refractivity contribution is 0.414. The van der Waals surface area contributed by atoms with Gasteiger partial charge in [-0.05, 0) is 30.7 Å². The Bertz CT molecular complexity index is 476. The topological polar surface area (TPSA) is 60.4 Å². The summed E-state index contributed by atoms with van der Waals surface area (Å²) in [4.78, 5) is 0. The van der Waals surface area contributed by atoms with Crippen molar-refractivity contribution in [3.63, 3.8) is 0 Å². The highest BCUT2D eigenvalue weighted by atomic mass is 16.5. The number of benzene rings is 1. The number of aryl methyl sites for hydroxylation is 1. The Morgan fingerprint density at radius 1 is 1.24 bits per heavy atom. The Kier molecular flexibility index (Phi) is 3.46. The Morgan fingerprint density at radius 2 is 1.94 bits per heavy atom. The maximum absolute atomic E-state index is 5.59. The molecule has 0 bridgehead atoms. The average Bonchev–Trinajstić information content (AvgIpc) is 2.78. The zero-order valence-electron chi connectivity index (χ0n) is 9.94. The van der Waals surface area contributed by atoms with Crippen molar-refractivity contribution in [2.24, 2.45) is 5.84 Å². The molecule has 3 N–H and O–H groups in total. The van der Waals surface area contributed by atoms with Crippen LogP contribution in [0.2, 0.25) is 0 Å². The Balaban J connectivity index is 2.28. The molecule has 0 saturated carbocycles. The highest BCUT2D eigenvalue weighted by molar-refractivity contribution is 5.34. The van der Waals surface area contributed by atoms with Crippen LogP contribution in [0.15, 0.2) is 41.0 Å². The van der Waals surface area contributed by atoms with Crippen molar-refractivity contribution < 1.29 is 9.15 Å². The molecule has 0 spiro atoms. The fourth-order valence-corrected chi connectivity index (χ4v) is 1.80. The number of ether oxygens (including phenoxy) is 1. The molecule has 4 heteroatoms. The monoisotopic (exact) mass is 232 g/mol. The number of hydrazine groups is 1. The van der Waals surface area contributed by atoms with Gasteiger partial charge in [0.15, 0.2) is 0 Å². The summed E-state index contributed by atoms with van der Waals surface area (Å²) >= 11 is 0. The van der Waals surface area contributed by atoms with Gasteiger partial charge in [0.25, 0.3) is 0 Å². The fourth-order valence-electron chi connectivity index (χ4n) is 1.80. The zero-order valence-corrected chi connectivity index (χ0v) is 9.94. The van der Waals surface area contributed by atoms with E-state index < -0.39 is 0 Å². The smallest absolute Gasteiger partial charge is 0.118 e. The van der Waals surface area contributed by atoms with E-state index in [0.717, 1.165) is 22.6 Å². The summed E-state index contributed by atoms with van der Waals surface area (Å²) in [6, 6.07) is 9.67. The molecule has 0 aliphatic rings. The molecule has 90 valence electrons. The number of nitrogens with two attached hydrogens (primary N) is 1. The van der Waals surface area contributed by atoms with E-state index in [9.17, 15) is 0 Å². The van der Waals surface area contributed by atoms with Crippen LogP contribution in [-0.4, -0.2) is 7.11 Å². The summed E-state index contributed by atoms with van der Waals surface area (Å²) in [6.07, 6.45) is 1.71. The second-order valence-electron chi connectivity index (χ2n) is 3.86. The van der Waals surface area contributed by atoms with Crippen LogP contribution in [0, 0.1) is 6.92 Å². The molecular formula is C13H16N2O2. The first-order chi connectivity index (χ1) is 8.24. The summed E-state index contributed by atoms with van der Waals surface area (Å²) in [5.74, 6) is 7.29. The third-order valence-electron chi connectivity index (χ3n) is 2.70. The molecule has 1 atom stereocenters. The Hall–Kier alpha value is -1.78. The van der Waals surface area contributed by atoms with E-state index in [2.05, 4.69) is 5.43 Å². The molecule has 2 rings (SSSR count). The first-order valence-corrected chi connectivity index (χ1v) is 5.39. The second-order valence-corrected chi connectivity index (χ2v) is 3.86. The van der Waals surface area contributed by atoms with Crippen LogP contribution in [0.1, 0.15) is 22.9 Å². The van der Waals surface area contributed by atoms with Crippen molar-refractivity contribution in [3.8, 4) is 5.75 Å². The largest absolute Gasteiger partial charge is 0.497 e. The lowest BCUT2D eigenvalue weighted by atomic mass is 10.0. The van der Waals surface area contributed by atoms with Crippen molar-refractivity contribution in [1.29, 1.82) is 0 Å². The highest BCUT2D eigenvalue weighted by Gasteiger charge is 2.14. The molecule has 0 radical (unpaired) electrons. The van der Waals surface area contributed by atoms with Gasteiger partial charge in [-0.25, -0.2) is 5.43 Å². The molecule has 0 fully saturated rings. The number of rotatable bonds is 4. The number of methoxy groups -OCH3 is 1. The number of hydrogen-bond donors (Lipinski definition) is 2. The van der Waals surface area contributed by atoms with E-state index in [4.69, 9.17) is 15.0 Å². The maximum atomic E-state index is 5.59. The van der Waals surface area contributed by atoms with Crippen molar-refractivity contribution in [1.82, 2.24) is 5.43 Å². The number of nitrogens with one attached hydrogen (secondary N) is 1. The van der Waals surface area contributed by atoms with E-state index in [1.54, 1.807) is 13.4 Å². The minimum atomic E-state index is -0.0710. The van der Waals surface area contributed by atoms with Crippen LogP contribution in [0.4, 0.5) is 0 Å². The van der Waals surface area contributed by atoms with E-state index in [1.807, 2.05) is 37.3 Å². The lowest BCUT2D eigenvalue weighted by Gasteiger charge is -2.14. The molecule has 0 aliphatic heterocycles. The molecular weight excluding hydrogens is 216 g/mol. The minimum Gasteiger partial charge on any atom is -0.497 e. The van der Waals surface area contributed by atoms with Gasteiger partial charge in [0.2, 0.25) is 0 Å². The molecule has 4 nitrogen and oxygen atoms in total. The van der Waals surface area contributed by atoms with Gasteiger partial charge in [0.05, 0.1) is 19.4 Å². The molecule has 17 heavy (non-hydrogen) atoms. The van der Waals surface area contributed by atoms with Gasteiger partial charge in [-0.1, -0.05) is 12.1 Å². The van der Waals surface area contributed by atoms with Gasteiger partial charge in [-0.15, -0.1) is 0 Å². The molecule has 1 aromatic carbocycles. The zero-order chi connectivity index (χ0) is 12.3. The third kappa shape index (κ3) is 2.49. The molecule has 1 heterocycles. The second kappa shape index (κ2) is 5.03. The van der Waals surface area contributed by atoms with Crippen LogP contribution < -0.4 is 16.0 Å². The van der Waals surface area contributed by atoms with Crippen LogP contribution in [0.25, 0.3) is 0 Å². The normalized spacial score (nSPS) is 12.4. The van der Waals surface area contributed by atoms with Gasteiger partial charge < -0.3 is 9.15 Å². The van der Waals surface area contributed by atoms with E-state index in [1.165, 1.54) is 0 Å². The quantitative estimate of drug-likeness (QED) is 0.626. The third-order valence-corrected chi connectivity index (χ3v) is 2.70. The summed E-state index contributed by atoms with van der Waals surface area (Å²) in [7, 11) is 1.65. The van der Waals surface area contributed by atoms with Crippen LogP contribution in [0.5, 0.6) is 5.75 Å². The maximum Gasteiger partial charge on any atom is 0.118 e. The molecule has 1 aromatic heterocycles. The molecule has 0 aliphatic carbocycles. The predicted molar refractivity (Wildman–Crippen MR) is 65.6 cm³/mol. The molecule has 1 unspecified atom stereocenters. The molecule has 2 aromatic rings. The van der Waals surface area contributed by atoms with Crippen molar-refractivity contribution in [3.05, 3.63) is 53.5 Å². The van der Waals surface area contributed by atoms with Gasteiger partial charge in [0, 0.05) is 5.56 Å². The summed E-state index contributed by atoms with van der Waals surface area (Å²) in [5.41, 5.74) is 4.86. The Morgan fingerprint density at radius 3 is 2.41 bits per heavy atom. The summed E-state index contributed by atoms with van der Waals surface area (Å²) in [5, 5.41) is 0. The first-order valence-electron chi connectivity index (χ1n) is 5.39.